The molecule has 0 aliphatic rings. The average molecular weight is 208 g/mol. The smallest absolute Gasteiger partial charge is 0.354 e. The van der Waals surface area contributed by atoms with Crippen LogP contribution in [0.25, 0.3) is 0 Å². The van der Waals surface area contributed by atoms with Crippen molar-refractivity contribution >= 4 is 5.97 Å². The van der Waals surface area contributed by atoms with Crippen LogP contribution in [0.4, 0.5) is 0 Å². The topological polar surface area (TPSA) is 62.2 Å². The van der Waals surface area contributed by atoms with Gasteiger partial charge >= 0.3 is 5.97 Å². The number of rotatable bonds is 6. The molecule has 0 spiro atoms. The maximum atomic E-state index is 10.6. The highest BCUT2D eigenvalue weighted by Gasteiger charge is 2.04. The van der Waals surface area contributed by atoms with Crippen LogP contribution < -0.4 is 5.32 Å². The molecule has 0 aliphatic carbocycles. The minimum absolute atomic E-state index is 0.102. The molecule has 0 fully saturated rings. The number of carboxylic acid groups (broad SMARTS) is 1. The molecular formula is C11H16N2O2. The molecule has 82 valence electrons. The van der Waals surface area contributed by atoms with Crippen LogP contribution >= 0.6 is 0 Å². The van der Waals surface area contributed by atoms with Crippen molar-refractivity contribution in [3.63, 3.8) is 0 Å². The zero-order chi connectivity index (χ0) is 11.1. The van der Waals surface area contributed by atoms with Crippen LogP contribution in [0, 0.1) is 0 Å². The first-order chi connectivity index (χ1) is 7.24. The Morgan fingerprint density at radius 1 is 1.53 bits per heavy atom. The summed E-state index contributed by atoms with van der Waals surface area (Å²) in [6, 6.07) is 5.04. The molecule has 1 rings (SSSR count). The Kier molecular flexibility index (Phi) is 4.77. The molecule has 0 aromatic carbocycles. The van der Waals surface area contributed by atoms with Crippen molar-refractivity contribution in [2.75, 3.05) is 6.54 Å². The Morgan fingerprint density at radius 2 is 2.33 bits per heavy atom. The molecule has 0 atom stereocenters. The van der Waals surface area contributed by atoms with Crippen LogP contribution in [0.15, 0.2) is 18.2 Å². The van der Waals surface area contributed by atoms with Crippen molar-refractivity contribution in [2.24, 2.45) is 0 Å². The van der Waals surface area contributed by atoms with Crippen LogP contribution in [-0.4, -0.2) is 22.6 Å². The maximum absolute atomic E-state index is 10.6. The lowest BCUT2D eigenvalue weighted by Gasteiger charge is -2.03. The lowest BCUT2D eigenvalue weighted by Crippen LogP contribution is -2.16. The molecular weight excluding hydrogens is 192 g/mol. The Balaban J connectivity index is 2.47. The van der Waals surface area contributed by atoms with Crippen LogP contribution in [0.1, 0.15) is 35.9 Å². The van der Waals surface area contributed by atoms with Crippen molar-refractivity contribution in [3.8, 4) is 0 Å². The summed E-state index contributed by atoms with van der Waals surface area (Å²) in [4.78, 5) is 14.7. The van der Waals surface area contributed by atoms with E-state index < -0.39 is 5.97 Å². The second kappa shape index (κ2) is 6.14. The number of hydrogen-bond donors (Lipinski definition) is 2. The first-order valence-electron chi connectivity index (χ1n) is 5.14. The Labute approximate surface area is 89.3 Å². The third-order valence-corrected chi connectivity index (χ3v) is 2.04. The standard InChI is InChI=1S/C11H16N2O2/c1-2-3-7-12-8-9-5-4-6-10(13-9)11(14)15/h4-6,12H,2-3,7-8H2,1H3,(H,14,15). The van der Waals surface area contributed by atoms with Crippen LogP contribution in [0.3, 0.4) is 0 Å². The summed E-state index contributed by atoms with van der Waals surface area (Å²) >= 11 is 0. The number of carbonyl (C=O) groups is 1. The first kappa shape index (κ1) is 11.7. The second-order valence-electron chi connectivity index (χ2n) is 3.35. The Hall–Kier alpha value is -1.42. The molecule has 1 aromatic rings. The van der Waals surface area contributed by atoms with Gasteiger partial charge in [0.15, 0.2) is 0 Å². The Bertz CT molecular complexity index is 326. The number of hydrogen-bond acceptors (Lipinski definition) is 3. The summed E-state index contributed by atoms with van der Waals surface area (Å²) in [5, 5.41) is 11.9. The molecule has 0 saturated carbocycles. The first-order valence-corrected chi connectivity index (χ1v) is 5.14. The van der Waals surface area contributed by atoms with E-state index in [1.54, 1.807) is 6.07 Å². The van der Waals surface area contributed by atoms with Gasteiger partial charge in [0, 0.05) is 6.54 Å². The molecule has 0 aliphatic heterocycles. The van der Waals surface area contributed by atoms with E-state index in [1.807, 2.05) is 6.07 Å². The van der Waals surface area contributed by atoms with Gasteiger partial charge in [-0.1, -0.05) is 19.4 Å². The number of carboxylic acids is 1. The van der Waals surface area contributed by atoms with E-state index in [9.17, 15) is 4.79 Å². The average Bonchev–Trinajstić information content (AvgIpc) is 2.25. The van der Waals surface area contributed by atoms with E-state index in [0.29, 0.717) is 6.54 Å². The van der Waals surface area contributed by atoms with Gasteiger partial charge in [0.2, 0.25) is 0 Å². The molecule has 0 unspecified atom stereocenters. The van der Waals surface area contributed by atoms with Gasteiger partial charge in [-0.25, -0.2) is 9.78 Å². The SMILES string of the molecule is CCCCNCc1cccc(C(=O)O)n1. The van der Waals surface area contributed by atoms with Crippen molar-refractivity contribution in [2.45, 2.75) is 26.3 Å². The van der Waals surface area contributed by atoms with Gasteiger partial charge in [-0.15, -0.1) is 0 Å². The molecule has 0 radical (unpaired) electrons. The molecule has 1 heterocycles. The van der Waals surface area contributed by atoms with E-state index >= 15 is 0 Å². The molecule has 1 aromatic heterocycles. The summed E-state index contributed by atoms with van der Waals surface area (Å²) in [6.45, 7) is 3.70. The van der Waals surface area contributed by atoms with Crippen molar-refractivity contribution in [3.05, 3.63) is 29.6 Å². The van der Waals surface area contributed by atoms with Crippen LogP contribution in [0.5, 0.6) is 0 Å². The van der Waals surface area contributed by atoms with Gasteiger partial charge in [0.25, 0.3) is 0 Å². The monoisotopic (exact) mass is 208 g/mol. The van der Waals surface area contributed by atoms with Crippen LogP contribution in [0.2, 0.25) is 0 Å². The second-order valence-corrected chi connectivity index (χ2v) is 3.35. The molecule has 15 heavy (non-hydrogen) atoms. The van der Waals surface area contributed by atoms with E-state index in [1.165, 1.54) is 6.07 Å². The van der Waals surface area contributed by atoms with Crippen molar-refractivity contribution in [1.29, 1.82) is 0 Å². The van der Waals surface area contributed by atoms with Gasteiger partial charge in [-0.3, -0.25) is 0 Å². The molecule has 4 heteroatoms. The van der Waals surface area contributed by atoms with Crippen molar-refractivity contribution in [1.82, 2.24) is 10.3 Å². The summed E-state index contributed by atoms with van der Waals surface area (Å²) in [5.74, 6) is -0.981. The van der Waals surface area contributed by atoms with Crippen LogP contribution in [-0.2, 0) is 6.54 Å². The highest BCUT2D eigenvalue weighted by Crippen LogP contribution is 1.99. The molecule has 2 N–H and O–H groups in total. The van der Waals surface area contributed by atoms with Gasteiger partial charge in [0.1, 0.15) is 5.69 Å². The lowest BCUT2D eigenvalue weighted by atomic mass is 10.3. The number of nitrogens with zero attached hydrogens (tertiary/aromatic N) is 1. The lowest BCUT2D eigenvalue weighted by molar-refractivity contribution is 0.0690. The number of pyridine rings is 1. The third-order valence-electron chi connectivity index (χ3n) is 2.04. The highest BCUT2D eigenvalue weighted by atomic mass is 16.4. The molecule has 0 amide bonds. The Morgan fingerprint density at radius 3 is 3.00 bits per heavy atom. The number of unbranched alkanes of at least 4 members (excludes halogenated alkanes) is 1. The predicted molar refractivity (Wildman–Crippen MR) is 57.8 cm³/mol. The number of nitrogens with one attached hydrogen (secondary N) is 1. The summed E-state index contributed by atoms with van der Waals surface area (Å²) < 4.78 is 0. The molecule has 0 bridgehead atoms. The fourth-order valence-electron chi connectivity index (χ4n) is 1.22. The highest BCUT2D eigenvalue weighted by molar-refractivity contribution is 5.85. The van der Waals surface area contributed by atoms with E-state index in [4.69, 9.17) is 5.11 Å². The number of aromatic carboxylic acids is 1. The van der Waals surface area contributed by atoms with Gasteiger partial charge in [-0.05, 0) is 25.1 Å². The van der Waals surface area contributed by atoms with E-state index in [-0.39, 0.29) is 5.69 Å². The van der Waals surface area contributed by atoms with Gasteiger partial charge in [-0.2, -0.15) is 0 Å². The quantitative estimate of drug-likeness (QED) is 0.698. The normalized spacial score (nSPS) is 10.2. The fourth-order valence-corrected chi connectivity index (χ4v) is 1.22. The summed E-state index contributed by atoms with van der Waals surface area (Å²) in [7, 11) is 0. The maximum Gasteiger partial charge on any atom is 0.354 e. The predicted octanol–water partition coefficient (Wildman–Crippen LogP) is 1.67. The van der Waals surface area contributed by atoms with E-state index in [0.717, 1.165) is 25.1 Å². The van der Waals surface area contributed by atoms with Gasteiger partial charge in [0.05, 0.1) is 5.69 Å². The van der Waals surface area contributed by atoms with Crippen molar-refractivity contribution < 1.29 is 9.90 Å². The minimum Gasteiger partial charge on any atom is -0.477 e. The third kappa shape index (κ3) is 4.08. The van der Waals surface area contributed by atoms with Gasteiger partial charge < -0.3 is 10.4 Å². The number of aromatic nitrogens is 1. The largest absolute Gasteiger partial charge is 0.477 e. The minimum atomic E-state index is -0.981. The summed E-state index contributed by atoms with van der Waals surface area (Å²) in [5.41, 5.74) is 0.871. The fraction of sp³-hybridized carbons (Fsp3) is 0.455. The molecule has 4 nitrogen and oxygen atoms in total. The summed E-state index contributed by atoms with van der Waals surface area (Å²) in [6.07, 6.45) is 2.27. The molecule has 0 saturated heterocycles. The van der Waals surface area contributed by atoms with E-state index in [2.05, 4.69) is 17.2 Å². The zero-order valence-electron chi connectivity index (χ0n) is 8.86. The zero-order valence-corrected chi connectivity index (χ0v) is 8.86.